The summed E-state index contributed by atoms with van der Waals surface area (Å²) in [4.78, 5) is 17.1. The SMILES string of the molecule is CC1CN(c2ncc([N+](=O)[O-])cc2Br)C2CCCCC12. The predicted molar refractivity (Wildman–Crippen MR) is 80.8 cm³/mol. The van der Waals surface area contributed by atoms with Crippen LogP contribution < -0.4 is 4.90 Å². The summed E-state index contributed by atoms with van der Waals surface area (Å²) >= 11 is 3.45. The summed E-state index contributed by atoms with van der Waals surface area (Å²) in [5.74, 6) is 2.27. The molecule has 108 valence electrons. The first-order valence-electron chi connectivity index (χ1n) is 7.14. The molecule has 5 nitrogen and oxygen atoms in total. The van der Waals surface area contributed by atoms with E-state index in [-0.39, 0.29) is 5.69 Å². The molecule has 20 heavy (non-hydrogen) atoms. The molecule has 0 aromatic carbocycles. The van der Waals surface area contributed by atoms with Crippen molar-refractivity contribution in [2.75, 3.05) is 11.4 Å². The smallest absolute Gasteiger partial charge is 0.288 e. The molecule has 3 atom stereocenters. The molecule has 6 heteroatoms. The van der Waals surface area contributed by atoms with Crippen LogP contribution in [0.5, 0.6) is 0 Å². The van der Waals surface area contributed by atoms with Gasteiger partial charge in [0.1, 0.15) is 12.0 Å². The molecule has 1 aromatic rings. The van der Waals surface area contributed by atoms with Gasteiger partial charge >= 0.3 is 0 Å². The van der Waals surface area contributed by atoms with E-state index < -0.39 is 4.92 Å². The van der Waals surface area contributed by atoms with Gasteiger partial charge in [-0.25, -0.2) is 4.98 Å². The molecule has 0 spiro atoms. The van der Waals surface area contributed by atoms with Crippen LogP contribution in [0.2, 0.25) is 0 Å². The molecule has 0 radical (unpaired) electrons. The topological polar surface area (TPSA) is 59.3 Å². The molecular weight excluding hydrogens is 322 g/mol. The highest BCUT2D eigenvalue weighted by atomic mass is 79.9. The second kappa shape index (κ2) is 5.31. The summed E-state index contributed by atoms with van der Waals surface area (Å²) in [6.45, 7) is 3.31. The van der Waals surface area contributed by atoms with E-state index in [0.29, 0.717) is 12.0 Å². The van der Waals surface area contributed by atoms with Gasteiger partial charge in [0.2, 0.25) is 0 Å². The minimum Gasteiger partial charge on any atom is -0.352 e. The van der Waals surface area contributed by atoms with E-state index in [4.69, 9.17) is 0 Å². The van der Waals surface area contributed by atoms with Crippen molar-refractivity contribution in [3.8, 4) is 0 Å². The second-order valence-electron chi connectivity index (χ2n) is 5.90. The summed E-state index contributed by atoms with van der Waals surface area (Å²) in [7, 11) is 0. The molecule has 0 N–H and O–H groups in total. The predicted octanol–water partition coefficient (Wildman–Crippen LogP) is 3.77. The Hall–Kier alpha value is -1.17. The Bertz CT molecular complexity index is 537. The molecule has 1 aliphatic heterocycles. The Kier molecular flexibility index (Phi) is 3.67. The largest absolute Gasteiger partial charge is 0.352 e. The van der Waals surface area contributed by atoms with Crippen LogP contribution in [0.3, 0.4) is 0 Å². The van der Waals surface area contributed by atoms with Crippen molar-refractivity contribution in [3.05, 3.63) is 26.9 Å². The number of nitro groups is 1. The van der Waals surface area contributed by atoms with Crippen molar-refractivity contribution in [2.45, 2.75) is 38.6 Å². The highest BCUT2D eigenvalue weighted by Crippen LogP contribution is 2.43. The van der Waals surface area contributed by atoms with Gasteiger partial charge in [0.05, 0.1) is 9.40 Å². The molecule has 3 unspecified atom stereocenters. The van der Waals surface area contributed by atoms with Crippen LogP contribution in [0.1, 0.15) is 32.6 Å². The van der Waals surface area contributed by atoms with Crippen molar-refractivity contribution in [1.82, 2.24) is 4.98 Å². The highest BCUT2D eigenvalue weighted by molar-refractivity contribution is 9.10. The summed E-state index contributed by atoms with van der Waals surface area (Å²) in [5, 5.41) is 10.8. The van der Waals surface area contributed by atoms with Crippen LogP contribution in [0, 0.1) is 22.0 Å². The quantitative estimate of drug-likeness (QED) is 0.607. The molecule has 1 saturated carbocycles. The lowest BCUT2D eigenvalue weighted by atomic mass is 9.80. The van der Waals surface area contributed by atoms with Gasteiger partial charge in [-0.15, -0.1) is 0 Å². The van der Waals surface area contributed by atoms with E-state index in [9.17, 15) is 10.1 Å². The summed E-state index contributed by atoms with van der Waals surface area (Å²) in [6, 6.07) is 2.10. The van der Waals surface area contributed by atoms with Crippen molar-refractivity contribution in [3.63, 3.8) is 0 Å². The average Bonchev–Trinajstić information content (AvgIpc) is 2.76. The van der Waals surface area contributed by atoms with Crippen molar-refractivity contribution < 1.29 is 4.92 Å². The van der Waals surface area contributed by atoms with E-state index in [1.165, 1.54) is 31.9 Å². The Morgan fingerprint density at radius 1 is 1.45 bits per heavy atom. The van der Waals surface area contributed by atoms with Gasteiger partial charge in [-0.3, -0.25) is 10.1 Å². The van der Waals surface area contributed by atoms with E-state index in [2.05, 4.69) is 32.7 Å². The summed E-state index contributed by atoms with van der Waals surface area (Å²) < 4.78 is 0.727. The van der Waals surface area contributed by atoms with E-state index in [0.717, 1.165) is 22.8 Å². The van der Waals surface area contributed by atoms with Gasteiger partial charge in [-0.2, -0.15) is 0 Å². The van der Waals surface area contributed by atoms with Crippen LogP contribution in [-0.2, 0) is 0 Å². The molecule has 3 rings (SSSR count). The minimum atomic E-state index is -0.405. The van der Waals surface area contributed by atoms with Gasteiger partial charge in [0.15, 0.2) is 0 Å². The molecular formula is C14H18BrN3O2. The normalized spacial score (nSPS) is 29.3. The number of anilines is 1. The number of nitrogens with zero attached hydrogens (tertiary/aromatic N) is 3. The fourth-order valence-corrected chi connectivity index (χ4v) is 4.31. The zero-order valence-electron chi connectivity index (χ0n) is 11.5. The van der Waals surface area contributed by atoms with Crippen molar-refractivity contribution in [1.29, 1.82) is 0 Å². The van der Waals surface area contributed by atoms with Crippen LogP contribution in [0.15, 0.2) is 16.7 Å². The molecule has 0 amide bonds. The third-order valence-corrected chi connectivity index (χ3v) is 5.27. The van der Waals surface area contributed by atoms with Gasteiger partial charge in [-0.05, 0) is 40.6 Å². The molecule has 2 fully saturated rings. The van der Waals surface area contributed by atoms with Crippen LogP contribution >= 0.6 is 15.9 Å². The zero-order chi connectivity index (χ0) is 14.3. The number of rotatable bonds is 2. The number of fused-ring (bicyclic) bond motifs is 1. The first kappa shape index (κ1) is 13.8. The molecule has 0 bridgehead atoms. The Labute approximate surface area is 126 Å². The first-order chi connectivity index (χ1) is 9.58. The summed E-state index contributed by atoms with van der Waals surface area (Å²) in [6.07, 6.45) is 6.47. The van der Waals surface area contributed by atoms with Crippen LogP contribution in [0.25, 0.3) is 0 Å². The molecule has 1 aliphatic carbocycles. The zero-order valence-corrected chi connectivity index (χ0v) is 13.0. The van der Waals surface area contributed by atoms with Gasteiger partial charge in [-0.1, -0.05) is 19.8 Å². The van der Waals surface area contributed by atoms with Gasteiger partial charge < -0.3 is 4.90 Å². The monoisotopic (exact) mass is 339 g/mol. The number of aromatic nitrogens is 1. The summed E-state index contributed by atoms with van der Waals surface area (Å²) in [5.41, 5.74) is 0.0352. The van der Waals surface area contributed by atoms with E-state index in [1.54, 1.807) is 6.07 Å². The maximum atomic E-state index is 10.8. The molecule has 2 heterocycles. The number of halogens is 1. The third kappa shape index (κ3) is 2.30. The van der Waals surface area contributed by atoms with Gasteiger partial charge in [0, 0.05) is 18.7 Å². The maximum Gasteiger partial charge on any atom is 0.288 e. The highest BCUT2D eigenvalue weighted by Gasteiger charge is 2.41. The molecule has 1 aromatic heterocycles. The number of pyridine rings is 1. The second-order valence-corrected chi connectivity index (χ2v) is 6.76. The average molecular weight is 340 g/mol. The van der Waals surface area contributed by atoms with Crippen LogP contribution in [0.4, 0.5) is 11.5 Å². The lowest BCUT2D eigenvalue weighted by Crippen LogP contribution is -2.35. The molecule has 1 saturated heterocycles. The van der Waals surface area contributed by atoms with E-state index >= 15 is 0 Å². The number of hydrogen-bond acceptors (Lipinski definition) is 4. The fourth-order valence-electron chi connectivity index (χ4n) is 3.75. The number of hydrogen-bond donors (Lipinski definition) is 0. The maximum absolute atomic E-state index is 10.8. The van der Waals surface area contributed by atoms with Crippen LogP contribution in [-0.4, -0.2) is 22.5 Å². The first-order valence-corrected chi connectivity index (χ1v) is 7.94. The lowest BCUT2D eigenvalue weighted by molar-refractivity contribution is -0.385. The standard InChI is InChI=1S/C14H18BrN3O2/c1-9-8-17(13-5-3-2-4-11(9)13)14-12(15)6-10(7-16-14)18(19)20/h6-7,9,11,13H,2-5,8H2,1H3. The molecule has 2 aliphatic rings. The van der Waals surface area contributed by atoms with Crippen molar-refractivity contribution in [2.24, 2.45) is 11.8 Å². The van der Waals surface area contributed by atoms with Gasteiger partial charge in [0.25, 0.3) is 5.69 Å². The Morgan fingerprint density at radius 3 is 2.90 bits per heavy atom. The Balaban J connectivity index is 1.91. The lowest BCUT2D eigenvalue weighted by Gasteiger charge is -2.33. The Morgan fingerprint density at radius 2 is 2.20 bits per heavy atom. The van der Waals surface area contributed by atoms with Crippen molar-refractivity contribution >= 4 is 27.4 Å². The third-order valence-electron chi connectivity index (χ3n) is 4.69. The minimum absolute atomic E-state index is 0.0352. The fraction of sp³-hybridized carbons (Fsp3) is 0.643. The van der Waals surface area contributed by atoms with E-state index in [1.807, 2.05) is 0 Å².